The lowest BCUT2D eigenvalue weighted by Gasteiger charge is -2.11. The van der Waals surface area contributed by atoms with Crippen molar-refractivity contribution in [2.24, 2.45) is 17.6 Å². The van der Waals surface area contributed by atoms with E-state index in [0.717, 1.165) is 18.3 Å². The molecule has 1 aliphatic carbocycles. The average Bonchev–Trinajstić information content (AvgIpc) is 2.95. The van der Waals surface area contributed by atoms with Crippen LogP contribution in [-0.2, 0) is 6.42 Å². The highest BCUT2D eigenvalue weighted by molar-refractivity contribution is 5.26. The molecular weight excluding hydrogens is 170 g/mol. The molecule has 0 aliphatic heterocycles. The second-order valence-corrected chi connectivity index (χ2v) is 4.50. The summed E-state index contributed by atoms with van der Waals surface area (Å²) in [5, 5.41) is 0. The number of hydrogen-bond acceptors (Lipinski definition) is 1. The molecule has 76 valence electrons. The van der Waals surface area contributed by atoms with Gasteiger partial charge in [-0.15, -0.1) is 0 Å². The number of benzene rings is 1. The summed E-state index contributed by atoms with van der Waals surface area (Å²) in [4.78, 5) is 0. The third kappa shape index (κ3) is 1.83. The standard InChI is InChI=1S/C13H19N/c1-3-10-4-6-11(7-5-10)13(14)12-8-9(12)2/h4-7,9,12-13H,3,8,14H2,1-2H3. The smallest absolute Gasteiger partial charge is 0.0326 e. The molecule has 1 heteroatoms. The van der Waals surface area contributed by atoms with Crippen LogP contribution in [0.2, 0.25) is 0 Å². The van der Waals surface area contributed by atoms with Gasteiger partial charge in [0.1, 0.15) is 0 Å². The first-order valence-corrected chi connectivity index (χ1v) is 5.56. The number of hydrogen-bond donors (Lipinski definition) is 1. The Morgan fingerprint density at radius 2 is 1.93 bits per heavy atom. The van der Waals surface area contributed by atoms with Crippen LogP contribution in [0.4, 0.5) is 0 Å². The zero-order chi connectivity index (χ0) is 10.1. The van der Waals surface area contributed by atoms with Gasteiger partial charge in [-0.05, 0) is 35.8 Å². The summed E-state index contributed by atoms with van der Waals surface area (Å²) in [6.45, 7) is 4.46. The van der Waals surface area contributed by atoms with E-state index in [2.05, 4.69) is 38.1 Å². The van der Waals surface area contributed by atoms with Gasteiger partial charge in [0.2, 0.25) is 0 Å². The van der Waals surface area contributed by atoms with Crippen LogP contribution in [0.25, 0.3) is 0 Å². The van der Waals surface area contributed by atoms with E-state index in [1.165, 1.54) is 17.5 Å². The zero-order valence-electron chi connectivity index (χ0n) is 9.03. The van der Waals surface area contributed by atoms with Crippen molar-refractivity contribution in [1.82, 2.24) is 0 Å². The molecule has 14 heavy (non-hydrogen) atoms. The minimum absolute atomic E-state index is 0.260. The Morgan fingerprint density at radius 3 is 2.36 bits per heavy atom. The maximum Gasteiger partial charge on any atom is 0.0326 e. The lowest BCUT2D eigenvalue weighted by Crippen LogP contribution is -2.13. The number of nitrogens with two attached hydrogens (primary N) is 1. The van der Waals surface area contributed by atoms with Gasteiger partial charge < -0.3 is 5.73 Å². The SMILES string of the molecule is CCc1ccc(C(N)C2CC2C)cc1. The monoisotopic (exact) mass is 189 g/mol. The van der Waals surface area contributed by atoms with Gasteiger partial charge in [0.05, 0.1) is 0 Å². The second kappa shape index (κ2) is 3.74. The average molecular weight is 189 g/mol. The van der Waals surface area contributed by atoms with Gasteiger partial charge in [-0.1, -0.05) is 38.1 Å². The molecular formula is C13H19N. The predicted molar refractivity (Wildman–Crippen MR) is 60.0 cm³/mol. The fraction of sp³-hybridized carbons (Fsp3) is 0.538. The Bertz CT molecular complexity index is 302. The van der Waals surface area contributed by atoms with Gasteiger partial charge in [0.25, 0.3) is 0 Å². The molecule has 0 amide bonds. The molecule has 2 rings (SSSR count). The van der Waals surface area contributed by atoms with Crippen LogP contribution < -0.4 is 5.73 Å². The largest absolute Gasteiger partial charge is 0.324 e. The molecule has 0 saturated heterocycles. The van der Waals surface area contributed by atoms with Crippen molar-refractivity contribution >= 4 is 0 Å². The molecule has 0 heterocycles. The molecule has 1 saturated carbocycles. The first kappa shape index (κ1) is 9.72. The van der Waals surface area contributed by atoms with Crippen LogP contribution in [0.3, 0.4) is 0 Å². The topological polar surface area (TPSA) is 26.0 Å². The fourth-order valence-electron chi connectivity index (χ4n) is 2.07. The molecule has 3 unspecified atom stereocenters. The molecule has 1 aliphatic rings. The molecule has 0 radical (unpaired) electrons. The van der Waals surface area contributed by atoms with Gasteiger partial charge in [-0.3, -0.25) is 0 Å². The normalized spacial score (nSPS) is 27.4. The quantitative estimate of drug-likeness (QED) is 0.777. The Kier molecular flexibility index (Phi) is 2.60. The van der Waals surface area contributed by atoms with Crippen molar-refractivity contribution in [3.63, 3.8) is 0 Å². The zero-order valence-corrected chi connectivity index (χ0v) is 9.03. The van der Waals surface area contributed by atoms with E-state index >= 15 is 0 Å². The summed E-state index contributed by atoms with van der Waals surface area (Å²) in [7, 11) is 0. The van der Waals surface area contributed by atoms with Gasteiger partial charge >= 0.3 is 0 Å². The molecule has 3 atom stereocenters. The van der Waals surface area contributed by atoms with E-state index < -0.39 is 0 Å². The lowest BCUT2D eigenvalue weighted by atomic mass is 10.0. The lowest BCUT2D eigenvalue weighted by molar-refractivity contribution is 0.593. The van der Waals surface area contributed by atoms with Crippen LogP contribution in [0.15, 0.2) is 24.3 Å². The van der Waals surface area contributed by atoms with Crippen molar-refractivity contribution in [3.05, 3.63) is 35.4 Å². The van der Waals surface area contributed by atoms with Crippen LogP contribution >= 0.6 is 0 Å². The Labute approximate surface area is 86.3 Å². The molecule has 1 aromatic carbocycles. The molecule has 1 nitrogen and oxygen atoms in total. The second-order valence-electron chi connectivity index (χ2n) is 4.50. The van der Waals surface area contributed by atoms with Gasteiger partial charge in [0.15, 0.2) is 0 Å². The van der Waals surface area contributed by atoms with Crippen molar-refractivity contribution in [1.29, 1.82) is 0 Å². The Morgan fingerprint density at radius 1 is 1.36 bits per heavy atom. The predicted octanol–water partition coefficient (Wildman–Crippen LogP) is 2.90. The van der Waals surface area contributed by atoms with E-state index in [4.69, 9.17) is 5.73 Å². The van der Waals surface area contributed by atoms with E-state index in [9.17, 15) is 0 Å². The summed E-state index contributed by atoms with van der Waals surface area (Å²) in [6, 6.07) is 9.03. The summed E-state index contributed by atoms with van der Waals surface area (Å²) >= 11 is 0. The van der Waals surface area contributed by atoms with Crippen LogP contribution in [0.1, 0.15) is 37.4 Å². The maximum absolute atomic E-state index is 6.18. The van der Waals surface area contributed by atoms with Gasteiger partial charge in [-0.2, -0.15) is 0 Å². The minimum atomic E-state index is 0.260. The van der Waals surface area contributed by atoms with E-state index in [0.29, 0.717) is 0 Å². The molecule has 0 aromatic heterocycles. The first-order chi connectivity index (χ1) is 6.72. The van der Waals surface area contributed by atoms with Crippen molar-refractivity contribution in [2.75, 3.05) is 0 Å². The molecule has 0 spiro atoms. The first-order valence-electron chi connectivity index (χ1n) is 5.56. The highest BCUT2D eigenvalue weighted by atomic mass is 14.7. The molecule has 2 N–H and O–H groups in total. The highest BCUT2D eigenvalue weighted by Crippen LogP contribution is 2.45. The third-order valence-corrected chi connectivity index (χ3v) is 3.41. The van der Waals surface area contributed by atoms with Crippen LogP contribution in [0, 0.1) is 11.8 Å². The summed E-state index contributed by atoms with van der Waals surface area (Å²) in [5.74, 6) is 1.55. The third-order valence-electron chi connectivity index (χ3n) is 3.41. The van der Waals surface area contributed by atoms with Gasteiger partial charge in [0, 0.05) is 6.04 Å². The number of aryl methyl sites for hydroxylation is 1. The molecule has 0 bridgehead atoms. The van der Waals surface area contributed by atoms with Crippen molar-refractivity contribution in [3.8, 4) is 0 Å². The Hall–Kier alpha value is -0.820. The molecule has 1 aromatic rings. The highest BCUT2D eigenvalue weighted by Gasteiger charge is 2.38. The fourth-order valence-corrected chi connectivity index (χ4v) is 2.07. The van der Waals surface area contributed by atoms with E-state index in [-0.39, 0.29) is 6.04 Å². The van der Waals surface area contributed by atoms with Crippen molar-refractivity contribution in [2.45, 2.75) is 32.7 Å². The summed E-state index contributed by atoms with van der Waals surface area (Å²) in [5.41, 5.74) is 8.88. The van der Waals surface area contributed by atoms with E-state index in [1.54, 1.807) is 0 Å². The van der Waals surface area contributed by atoms with Crippen LogP contribution in [-0.4, -0.2) is 0 Å². The maximum atomic E-state index is 6.18. The Balaban J connectivity index is 2.08. The van der Waals surface area contributed by atoms with Crippen LogP contribution in [0.5, 0.6) is 0 Å². The summed E-state index contributed by atoms with van der Waals surface area (Å²) in [6.07, 6.45) is 2.41. The number of rotatable bonds is 3. The van der Waals surface area contributed by atoms with E-state index in [1.807, 2.05) is 0 Å². The molecule has 1 fully saturated rings. The van der Waals surface area contributed by atoms with Gasteiger partial charge in [-0.25, -0.2) is 0 Å². The summed E-state index contributed by atoms with van der Waals surface area (Å²) < 4.78 is 0. The van der Waals surface area contributed by atoms with Crippen molar-refractivity contribution < 1.29 is 0 Å². The minimum Gasteiger partial charge on any atom is -0.324 e.